The van der Waals surface area contributed by atoms with Crippen LogP contribution in [-0.2, 0) is 12.6 Å². The van der Waals surface area contributed by atoms with Gasteiger partial charge in [-0.05, 0) is 61.3 Å². The maximum atomic E-state index is 12.6. The van der Waals surface area contributed by atoms with Crippen molar-refractivity contribution < 1.29 is 17.6 Å². The van der Waals surface area contributed by atoms with Gasteiger partial charge in [-0.1, -0.05) is 50.0 Å². The summed E-state index contributed by atoms with van der Waals surface area (Å²) in [7, 11) is 0. The molecule has 1 aromatic rings. The average Bonchev–Trinajstić information content (AvgIpc) is 2.66. The molecular formula is C22H25F4N. The van der Waals surface area contributed by atoms with E-state index in [-0.39, 0.29) is 0 Å². The zero-order valence-corrected chi connectivity index (χ0v) is 15.3. The van der Waals surface area contributed by atoms with E-state index in [1.165, 1.54) is 25.0 Å². The van der Waals surface area contributed by atoms with Crippen molar-refractivity contribution in [2.45, 2.75) is 57.5 Å². The largest absolute Gasteiger partial charge is 0.416 e. The van der Waals surface area contributed by atoms with Gasteiger partial charge in [0.05, 0.1) is 5.56 Å². The smallest absolute Gasteiger partial charge is 0.195 e. The fraction of sp³-hybridized carbons (Fsp3) is 0.500. The summed E-state index contributed by atoms with van der Waals surface area (Å²) < 4.78 is 50.4. The minimum absolute atomic E-state index is 0.591. The highest BCUT2D eigenvalue weighted by molar-refractivity contribution is 5.24. The molecule has 0 bridgehead atoms. The predicted molar refractivity (Wildman–Crippen MR) is 98.4 cm³/mol. The number of nitriles is 1. The molecule has 0 saturated heterocycles. The quantitative estimate of drug-likeness (QED) is 0.280. The van der Waals surface area contributed by atoms with Crippen LogP contribution in [0.1, 0.15) is 56.1 Å². The number of rotatable bonds is 7. The van der Waals surface area contributed by atoms with Crippen molar-refractivity contribution >= 4 is 0 Å². The Hall–Kier alpha value is -2.09. The van der Waals surface area contributed by atoms with Crippen LogP contribution in [0.15, 0.2) is 48.3 Å². The second-order valence-electron chi connectivity index (χ2n) is 7.25. The van der Waals surface area contributed by atoms with Crippen LogP contribution in [0.4, 0.5) is 17.6 Å². The molecule has 1 aliphatic carbocycles. The molecule has 1 aliphatic rings. The zero-order valence-electron chi connectivity index (χ0n) is 15.3. The summed E-state index contributed by atoms with van der Waals surface area (Å²) in [5, 5.41) is 8.31. The van der Waals surface area contributed by atoms with Crippen LogP contribution in [0.5, 0.6) is 0 Å². The molecule has 1 saturated carbocycles. The minimum Gasteiger partial charge on any atom is -0.195 e. The molecule has 1 nitrogen and oxygen atoms in total. The van der Waals surface area contributed by atoms with Crippen LogP contribution >= 0.6 is 0 Å². The summed E-state index contributed by atoms with van der Waals surface area (Å²) in [6.45, 7) is 0. The summed E-state index contributed by atoms with van der Waals surface area (Å²) in [6.07, 6.45) is 8.88. The van der Waals surface area contributed by atoms with Gasteiger partial charge < -0.3 is 0 Å². The predicted octanol–water partition coefficient (Wildman–Crippen LogP) is 7.16. The molecule has 0 unspecified atom stereocenters. The normalized spacial score (nSPS) is 21.4. The third-order valence-electron chi connectivity index (χ3n) is 5.32. The molecule has 146 valence electrons. The van der Waals surface area contributed by atoms with Gasteiger partial charge in [-0.2, -0.15) is 22.8 Å². The van der Waals surface area contributed by atoms with Gasteiger partial charge in [0.2, 0.25) is 0 Å². The molecule has 0 amide bonds. The Bertz CT molecular complexity index is 672. The second kappa shape index (κ2) is 10.3. The van der Waals surface area contributed by atoms with Crippen LogP contribution in [-0.4, -0.2) is 0 Å². The molecule has 1 fully saturated rings. The third-order valence-corrected chi connectivity index (χ3v) is 5.32. The van der Waals surface area contributed by atoms with Crippen molar-refractivity contribution in [2.24, 2.45) is 11.8 Å². The summed E-state index contributed by atoms with van der Waals surface area (Å²) in [5.74, 6) is 0.549. The average molecular weight is 379 g/mol. The fourth-order valence-corrected chi connectivity index (χ4v) is 3.66. The van der Waals surface area contributed by atoms with Crippen molar-refractivity contribution in [3.63, 3.8) is 0 Å². The van der Waals surface area contributed by atoms with E-state index in [0.29, 0.717) is 11.8 Å². The van der Waals surface area contributed by atoms with Gasteiger partial charge in [0, 0.05) is 0 Å². The van der Waals surface area contributed by atoms with Gasteiger partial charge in [0.15, 0.2) is 5.83 Å². The van der Waals surface area contributed by atoms with Gasteiger partial charge in [-0.25, -0.2) is 0 Å². The van der Waals surface area contributed by atoms with Crippen molar-refractivity contribution in [3.8, 4) is 6.07 Å². The van der Waals surface area contributed by atoms with Crippen molar-refractivity contribution in [1.29, 1.82) is 5.26 Å². The van der Waals surface area contributed by atoms with Crippen molar-refractivity contribution in [3.05, 3.63) is 59.4 Å². The van der Waals surface area contributed by atoms with Crippen LogP contribution in [0.25, 0.3) is 0 Å². The molecule has 0 radical (unpaired) electrons. The van der Waals surface area contributed by atoms with Gasteiger partial charge in [0.25, 0.3) is 0 Å². The summed E-state index contributed by atoms with van der Waals surface area (Å²) in [6, 6.07) is 6.94. The van der Waals surface area contributed by atoms with E-state index in [9.17, 15) is 17.6 Å². The standard InChI is InChI=1S/C22H25F4N/c23-21(16-27)5-3-1-2-4-17-6-8-18(9-7-17)10-11-19-12-14-20(15-13-19)22(24,25)26/h1,3,5,12-15,17-18H,2,4,6-11H2/b3-1+,21-5-/t17-,18-. The highest BCUT2D eigenvalue weighted by Crippen LogP contribution is 2.34. The number of aryl methyl sites for hydroxylation is 1. The Kier molecular flexibility index (Phi) is 8.09. The highest BCUT2D eigenvalue weighted by Gasteiger charge is 2.30. The van der Waals surface area contributed by atoms with Crippen molar-refractivity contribution in [1.82, 2.24) is 0 Å². The lowest BCUT2D eigenvalue weighted by atomic mass is 9.78. The highest BCUT2D eigenvalue weighted by atomic mass is 19.4. The zero-order chi connectivity index (χ0) is 19.7. The SMILES string of the molecule is N#C/C(F)=C/C=C/CC[C@H]1CC[C@H](CCc2ccc(C(F)(F)F)cc2)CC1. The molecule has 27 heavy (non-hydrogen) atoms. The van der Waals surface area contributed by atoms with E-state index in [1.54, 1.807) is 18.2 Å². The minimum atomic E-state index is -4.27. The Morgan fingerprint density at radius 1 is 1.04 bits per heavy atom. The first-order valence-electron chi connectivity index (χ1n) is 9.47. The Morgan fingerprint density at radius 2 is 1.63 bits per heavy atom. The van der Waals surface area contributed by atoms with E-state index in [0.717, 1.165) is 56.2 Å². The maximum Gasteiger partial charge on any atom is 0.416 e. The number of hydrogen-bond donors (Lipinski definition) is 0. The lowest BCUT2D eigenvalue weighted by Gasteiger charge is -2.28. The molecule has 2 rings (SSSR count). The Morgan fingerprint density at radius 3 is 2.19 bits per heavy atom. The lowest BCUT2D eigenvalue weighted by molar-refractivity contribution is -0.137. The molecule has 0 heterocycles. The van der Waals surface area contributed by atoms with Gasteiger partial charge in [-0.3, -0.25) is 0 Å². The number of benzene rings is 1. The second-order valence-corrected chi connectivity index (χ2v) is 7.25. The first kappa shape index (κ1) is 21.2. The molecule has 0 N–H and O–H groups in total. The summed E-state index contributed by atoms with van der Waals surface area (Å²) in [4.78, 5) is 0. The summed E-state index contributed by atoms with van der Waals surface area (Å²) in [5.41, 5.74) is 0.375. The first-order valence-corrected chi connectivity index (χ1v) is 9.47. The fourth-order valence-electron chi connectivity index (χ4n) is 3.66. The number of alkyl halides is 3. The van der Waals surface area contributed by atoms with E-state index in [1.807, 2.05) is 6.08 Å². The van der Waals surface area contributed by atoms with Crippen LogP contribution < -0.4 is 0 Å². The summed E-state index contributed by atoms with van der Waals surface area (Å²) >= 11 is 0. The monoisotopic (exact) mass is 379 g/mol. The maximum absolute atomic E-state index is 12.6. The van der Waals surface area contributed by atoms with Crippen LogP contribution in [0, 0.1) is 23.2 Å². The molecule has 0 aromatic heterocycles. The van der Waals surface area contributed by atoms with E-state index < -0.39 is 17.6 Å². The van der Waals surface area contributed by atoms with E-state index >= 15 is 0 Å². The lowest BCUT2D eigenvalue weighted by Crippen LogP contribution is -2.15. The number of hydrogen-bond acceptors (Lipinski definition) is 1. The molecule has 0 atom stereocenters. The van der Waals surface area contributed by atoms with Gasteiger partial charge in [-0.15, -0.1) is 0 Å². The first-order chi connectivity index (χ1) is 12.9. The van der Waals surface area contributed by atoms with E-state index in [4.69, 9.17) is 5.26 Å². The molecule has 0 aliphatic heterocycles. The molecular weight excluding hydrogens is 354 g/mol. The number of nitrogens with zero attached hydrogens (tertiary/aromatic N) is 1. The van der Waals surface area contributed by atoms with Gasteiger partial charge >= 0.3 is 6.18 Å². The molecule has 1 aromatic carbocycles. The molecule has 0 spiro atoms. The van der Waals surface area contributed by atoms with Gasteiger partial charge in [0.1, 0.15) is 6.07 Å². The number of allylic oxidation sites excluding steroid dienone is 4. The topological polar surface area (TPSA) is 23.8 Å². The Labute approximate surface area is 158 Å². The van der Waals surface area contributed by atoms with Crippen LogP contribution in [0.3, 0.4) is 0 Å². The molecule has 5 heteroatoms. The van der Waals surface area contributed by atoms with Crippen molar-refractivity contribution in [2.75, 3.05) is 0 Å². The number of halogens is 4. The van der Waals surface area contributed by atoms with Crippen LogP contribution in [0.2, 0.25) is 0 Å². The Balaban J connectivity index is 1.65. The third kappa shape index (κ3) is 7.58. The van der Waals surface area contributed by atoms with E-state index in [2.05, 4.69) is 0 Å².